The highest BCUT2D eigenvalue weighted by Gasteiger charge is 2.29. The molecule has 1 fully saturated rings. The molecule has 186 valence electrons. The Morgan fingerprint density at radius 1 is 1.17 bits per heavy atom. The van der Waals surface area contributed by atoms with Crippen LogP contribution >= 0.6 is 0 Å². The van der Waals surface area contributed by atoms with E-state index in [4.69, 9.17) is 9.40 Å². The molecule has 1 amide bonds. The lowest BCUT2D eigenvalue weighted by molar-refractivity contribution is 0.0763. The van der Waals surface area contributed by atoms with E-state index in [0.29, 0.717) is 41.1 Å². The summed E-state index contributed by atoms with van der Waals surface area (Å²) in [5.41, 5.74) is 4.09. The molecule has 0 aliphatic carbocycles. The van der Waals surface area contributed by atoms with E-state index in [2.05, 4.69) is 20.2 Å². The molecule has 2 aliphatic rings. The average Bonchev–Trinajstić information content (AvgIpc) is 3.65. The van der Waals surface area contributed by atoms with Gasteiger partial charge in [0, 0.05) is 43.9 Å². The number of aromatic amines is 2. The lowest BCUT2D eigenvalue weighted by Gasteiger charge is -2.20. The van der Waals surface area contributed by atoms with E-state index < -0.39 is 0 Å². The summed E-state index contributed by atoms with van der Waals surface area (Å²) < 4.78 is 5.46. The van der Waals surface area contributed by atoms with Gasteiger partial charge in [0.25, 0.3) is 11.5 Å². The standard InChI is InChI=1S/C27H30N6O3/c1-17(13-19-5-4-12-36-19)29-21-6-7-28-26(34)24(21)25-30-22-14-18-16-33(11-10-32-8-2-3-9-32)27(35)20(18)15-23(22)31-25/h4-7,12,14-15,17H,2-3,8-11,13,16H2,1H3,(H,30,31)(H2,28,29,34)/t17-/m0/s1. The second-order valence-corrected chi connectivity index (χ2v) is 9.81. The fourth-order valence-corrected chi connectivity index (χ4v) is 5.33. The van der Waals surface area contributed by atoms with Gasteiger partial charge in [-0.05, 0) is 68.8 Å². The van der Waals surface area contributed by atoms with Gasteiger partial charge >= 0.3 is 0 Å². The Labute approximate surface area is 208 Å². The van der Waals surface area contributed by atoms with Gasteiger partial charge in [-0.25, -0.2) is 4.98 Å². The number of nitrogens with zero attached hydrogens (tertiary/aromatic N) is 3. The van der Waals surface area contributed by atoms with Gasteiger partial charge in [0.2, 0.25) is 0 Å². The molecule has 0 radical (unpaired) electrons. The van der Waals surface area contributed by atoms with E-state index in [1.807, 2.05) is 42.2 Å². The number of anilines is 1. The third-order valence-corrected chi connectivity index (χ3v) is 7.16. The molecular formula is C27H30N6O3. The fourth-order valence-electron chi connectivity index (χ4n) is 5.33. The van der Waals surface area contributed by atoms with Crippen molar-refractivity contribution in [1.29, 1.82) is 0 Å². The van der Waals surface area contributed by atoms with Crippen LogP contribution < -0.4 is 10.9 Å². The molecule has 6 rings (SSSR count). The van der Waals surface area contributed by atoms with E-state index in [1.54, 1.807) is 12.5 Å². The van der Waals surface area contributed by atoms with Crippen LogP contribution in [0.15, 0.2) is 52.0 Å². The van der Waals surface area contributed by atoms with Crippen molar-refractivity contribution in [3.8, 4) is 11.4 Å². The monoisotopic (exact) mass is 486 g/mol. The predicted octanol–water partition coefficient (Wildman–Crippen LogP) is 3.61. The maximum atomic E-state index is 13.1. The number of amides is 1. The summed E-state index contributed by atoms with van der Waals surface area (Å²) in [6.07, 6.45) is 6.46. The highest BCUT2D eigenvalue weighted by molar-refractivity contribution is 6.02. The van der Waals surface area contributed by atoms with Crippen LogP contribution in [0.2, 0.25) is 0 Å². The van der Waals surface area contributed by atoms with Crippen molar-refractivity contribution < 1.29 is 9.21 Å². The second kappa shape index (κ2) is 9.31. The molecule has 1 aromatic carbocycles. The Bertz CT molecular complexity index is 1450. The van der Waals surface area contributed by atoms with E-state index >= 15 is 0 Å². The molecule has 36 heavy (non-hydrogen) atoms. The summed E-state index contributed by atoms with van der Waals surface area (Å²) in [4.78, 5) is 41.1. The van der Waals surface area contributed by atoms with Crippen LogP contribution in [0.25, 0.3) is 22.4 Å². The fraction of sp³-hybridized carbons (Fsp3) is 0.370. The highest BCUT2D eigenvalue weighted by atomic mass is 16.3. The number of hydrogen-bond donors (Lipinski definition) is 3. The van der Waals surface area contributed by atoms with Gasteiger partial charge in [0.05, 0.1) is 23.0 Å². The lowest BCUT2D eigenvalue weighted by atomic mass is 10.1. The van der Waals surface area contributed by atoms with Crippen LogP contribution in [0.4, 0.5) is 5.69 Å². The maximum absolute atomic E-state index is 13.1. The predicted molar refractivity (Wildman–Crippen MR) is 138 cm³/mol. The summed E-state index contributed by atoms with van der Waals surface area (Å²) in [5, 5.41) is 3.42. The summed E-state index contributed by atoms with van der Waals surface area (Å²) in [5.74, 6) is 1.41. The van der Waals surface area contributed by atoms with Crippen molar-refractivity contribution in [2.75, 3.05) is 31.5 Å². The average molecular weight is 487 g/mol. The Morgan fingerprint density at radius 3 is 2.83 bits per heavy atom. The van der Waals surface area contributed by atoms with Crippen LogP contribution in [0.3, 0.4) is 0 Å². The van der Waals surface area contributed by atoms with Gasteiger partial charge in [0.1, 0.15) is 17.1 Å². The summed E-state index contributed by atoms with van der Waals surface area (Å²) in [6, 6.07) is 9.53. The number of furan rings is 1. The van der Waals surface area contributed by atoms with Crippen molar-refractivity contribution in [2.45, 2.75) is 38.8 Å². The van der Waals surface area contributed by atoms with Gasteiger partial charge in [-0.3, -0.25) is 9.59 Å². The van der Waals surface area contributed by atoms with Crippen LogP contribution in [0.1, 0.15) is 41.4 Å². The number of fused-ring (bicyclic) bond motifs is 2. The number of H-pyrrole nitrogens is 2. The molecule has 0 unspecified atom stereocenters. The number of aromatic nitrogens is 3. The van der Waals surface area contributed by atoms with Crippen molar-refractivity contribution in [3.05, 3.63) is 70.0 Å². The number of carbonyl (C=O) groups excluding carboxylic acids is 1. The van der Waals surface area contributed by atoms with Crippen LogP contribution in [-0.2, 0) is 13.0 Å². The van der Waals surface area contributed by atoms with Crippen LogP contribution in [-0.4, -0.2) is 62.9 Å². The number of imidazole rings is 1. The number of nitrogens with one attached hydrogen (secondary N) is 3. The largest absolute Gasteiger partial charge is 0.469 e. The quantitative estimate of drug-likeness (QED) is 0.351. The molecule has 9 nitrogen and oxygen atoms in total. The first kappa shape index (κ1) is 22.6. The number of carbonyl (C=O) groups is 1. The summed E-state index contributed by atoms with van der Waals surface area (Å²) in [6.45, 7) is 6.56. The molecule has 5 heterocycles. The SMILES string of the molecule is C[C@@H](Cc1ccco1)Nc1cc[nH]c(=O)c1-c1nc2cc3c(cc2[nH]1)CN(CCN1CCCC1)C3=O. The van der Waals surface area contributed by atoms with E-state index in [-0.39, 0.29) is 17.5 Å². The van der Waals surface area contributed by atoms with Gasteiger partial charge < -0.3 is 29.5 Å². The first-order valence-corrected chi connectivity index (χ1v) is 12.6. The zero-order valence-corrected chi connectivity index (χ0v) is 20.3. The molecule has 4 aromatic rings. The van der Waals surface area contributed by atoms with Gasteiger partial charge in [-0.2, -0.15) is 0 Å². The first-order chi connectivity index (χ1) is 17.5. The van der Waals surface area contributed by atoms with Crippen molar-refractivity contribution in [3.63, 3.8) is 0 Å². The Kier molecular flexibility index (Phi) is 5.85. The molecule has 9 heteroatoms. The number of pyridine rings is 1. The Morgan fingerprint density at radius 2 is 2.03 bits per heavy atom. The van der Waals surface area contributed by atoms with Crippen LogP contribution in [0, 0.1) is 0 Å². The van der Waals surface area contributed by atoms with Gasteiger partial charge in [-0.1, -0.05) is 0 Å². The summed E-state index contributed by atoms with van der Waals surface area (Å²) >= 11 is 0. The van der Waals surface area contributed by atoms with Gasteiger partial charge in [0.15, 0.2) is 0 Å². The Hall–Kier alpha value is -3.85. The number of rotatable bonds is 8. The maximum Gasteiger partial charge on any atom is 0.261 e. The molecule has 3 aromatic heterocycles. The molecular weight excluding hydrogens is 456 g/mol. The molecule has 2 aliphatic heterocycles. The third-order valence-electron chi connectivity index (χ3n) is 7.16. The first-order valence-electron chi connectivity index (χ1n) is 12.6. The summed E-state index contributed by atoms with van der Waals surface area (Å²) in [7, 11) is 0. The van der Waals surface area contributed by atoms with Crippen molar-refractivity contribution in [2.24, 2.45) is 0 Å². The van der Waals surface area contributed by atoms with Gasteiger partial charge in [-0.15, -0.1) is 0 Å². The zero-order chi connectivity index (χ0) is 24.6. The minimum atomic E-state index is -0.235. The topological polar surface area (TPSA) is 110 Å². The van der Waals surface area contributed by atoms with Crippen molar-refractivity contribution >= 4 is 22.6 Å². The van der Waals surface area contributed by atoms with Crippen molar-refractivity contribution in [1.82, 2.24) is 24.8 Å². The lowest BCUT2D eigenvalue weighted by Crippen LogP contribution is -2.33. The number of hydrogen-bond acceptors (Lipinski definition) is 6. The highest BCUT2D eigenvalue weighted by Crippen LogP contribution is 2.30. The van der Waals surface area contributed by atoms with E-state index in [0.717, 1.165) is 43.0 Å². The minimum absolute atomic E-state index is 0.0362. The third kappa shape index (κ3) is 4.30. The zero-order valence-electron chi connectivity index (χ0n) is 20.3. The molecule has 0 spiro atoms. The molecule has 3 N–H and O–H groups in total. The minimum Gasteiger partial charge on any atom is -0.469 e. The smallest absolute Gasteiger partial charge is 0.261 e. The van der Waals surface area contributed by atoms with Crippen LogP contribution in [0.5, 0.6) is 0 Å². The van der Waals surface area contributed by atoms with E-state index in [9.17, 15) is 9.59 Å². The molecule has 1 saturated heterocycles. The number of benzene rings is 1. The van der Waals surface area contributed by atoms with E-state index in [1.165, 1.54) is 12.8 Å². The molecule has 0 saturated carbocycles. The molecule has 0 bridgehead atoms. The number of likely N-dealkylation sites (tertiary alicyclic amines) is 1. The Balaban J connectivity index is 1.24. The molecule has 1 atom stereocenters. The second-order valence-electron chi connectivity index (χ2n) is 9.81. The normalized spacial score (nSPS) is 16.7.